The number of amides is 2. The van der Waals surface area contributed by atoms with Crippen molar-refractivity contribution in [2.75, 3.05) is 0 Å². The van der Waals surface area contributed by atoms with E-state index in [9.17, 15) is 9.59 Å². The third-order valence-electron chi connectivity index (χ3n) is 4.12. The number of nitrogens with zero attached hydrogens (tertiary/aromatic N) is 6. The summed E-state index contributed by atoms with van der Waals surface area (Å²) in [6, 6.07) is 17.2. The van der Waals surface area contributed by atoms with E-state index in [4.69, 9.17) is 0 Å². The number of rotatable bonds is 6. The molecule has 0 aliphatic carbocycles. The fourth-order valence-corrected chi connectivity index (χ4v) is 2.59. The largest absolute Gasteiger partial charge is 0.290 e. The predicted octanol–water partition coefficient (Wildman–Crippen LogP) is 1.95. The van der Waals surface area contributed by atoms with E-state index in [2.05, 4.69) is 41.0 Å². The lowest BCUT2D eigenvalue weighted by Crippen LogP contribution is -2.20. The first kappa shape index (κ1) is 20.4. The molecule has 0 aromatic carbocycles. The Morgan fingerprint density at radius 1 is 0.688 bits per heavy atom. The zero-order chi connectivity index (χ0) is 22.2. The molecule has 0 fully saturated rings. The monoisotopic (exact) mass is 424 g/mol. The summed E-state index contributed by atoms with van der Waals surface area (Å²) in [4.78, 5) is 41.3. The molecule has 0 spiro atoms. The highest BCUT2D eigenvalue weighted by Gasteiger charge is 2.11. The van der Waals surface area contributed by atoms with Gasteiger partial charge in [-0.1, -0.05) is 12.1 Å². The summed E-state index contributed by atoms with van der Waals surface area (Å²) >= 11 is 0. The van der Waals surface area contributed by atoms with Crippen LogP contribution in [0.5, 0.6) is 0 Å². The maximum atomic E-state index is 12.3. The van der Waals surface area contributed by atoms with Crippen molar-refractivity contribution in [1.29, 1.82) is 0 Å². The SMILES string of the molecule is O=C(NN=Cc1ccccn1)c1ccc2ccc(C(=O)NN=Cc3ccccn3)nc2n1. The number of hydrogen-bond donors (Lipinski definition) is 2. The minimum atomic E-state index is -0.518. The molecule has 2 amide bonds. The molecule has 4 aromatic rings. The summed E-state index contributed by atoms with van der Waals surface area (Å²) in [6.07, 6.45) is 6.09. The fraction of sp³-hybridized carbons (Fsp3) is 0. The van der Waals surface area contributed by atoms with Crippen molar-refractivity contribution in [2.24, 2.45) is 10.2 Å². The Labute approximate surface area is 182 Å². The van der Waals surface area contributed by atoms with Gasteiger partial charge in [0.25, 0.3) is 11.8 Å². The highest BCUT2D eigenvalue weighted by atomic mass is 16.2. The molecule has 2 N–H and O–H groups in total. The number of aromatic nitrogens is 4. The molecule has 0 atom stereocenters. The lowest BCUT2D eigenvalue weighted by Gasteiger charge is -2.04. The molecule has 0 aliphatic heterocycles. The van der Waals surface area contributed by atoms with E-state index in [1.807, 2.05) is 12.1 Å². The highest BCUT2D eigenvalue weighted by molar-refractivity contribution is 5.97. The lowest BCUT2D eigenvalue weighted by atomic mass is 10.2. The van der Waals surface area contributed by atoms with E-state index in [1.165, 1.54) is 12.4 Å². The zero-order valence-corrected chi connectivity index (χ0v) is 16.6. The van der Waals surface area contributed by atoms with E-state index in [1.54, 1.807) is 60.9 Å². The Morgan fingerprint density at radius 2 is 1.19 bits per heavy atom. The van der Waals surface area contributed by atoms with Gasteiger partial charge in [-0.2, -0.15) is 10.2 Å². The van der Waals surface area contributed by atoms with Crippen LogP contribution < -0.4 is 10.9 Å². The quantitative estimate of drug-likeness (QED) is 0.359. The maximum Gasteiger partial charge on any atom is 0.290 e. The molecule has 4 rings (SSSR count). The van der Waals surface area contributed by atoms with Crippen LogP contribution in [0.15, 0.2) is 83.3 Å². The van der Waals surface area contributed by atoms with Gasteiger partial charge in [0.2, 0.25) is 0 Å². The first-order valence-electron chi connectivity index (χ1n) is 9.46. The van der Waals surface area contributed by atoms with Gasteiger partial charge in [0, 0.05) is 17.8 Å². The van der Waals surface area contributed by atoms with Gasteiger partial charge in [0.15, 0.2) is 5.65 Å². The molecule has 0 unspecified atom stereocenters. The Bertz CT molecular complexity index is 1210. The smallest absolute Gasteiger partial charge is 0.266 e. The molecule has 0 saturated carbocycles. The van der Waals surface area contributed by atoms with Gasteiger partial charge < -0.3 is 0 Å². The van der Waals surface area contributed by atoms with E-state index in [0.717, 1.165) is 0 Å². The third-order valence-corrected chi connectivity index (χ3v) is 4.12. The molecule has 4 aromatic heterocycles. The van der Waals surface area contributed by atoms with Gasteiger partial charge in [-0.3, -0.25) is 19.6 Å². The van der Waals surface area contributed by atoms with Crippen molar-refractivity contribution in [3.8, 4) is 0 Å². The van der Waals surface area contributed by atoms with Crippen LogP contribution >= 0.6 is 0 Å². The van der Waals surface area contributed by atoms with Gasteiger partial charge in [-0.25, -0.2) is 20.8 Å². The number of carbonyl (C=O) groups excluding carboxylic acids is 2. The van der Waals surface area contributed by atoms with E-state index in [-0.39, 0.29) is 17.0 Å². The number of hydrogen-bond acceptors (Lipinski definition) is 8. The van der Waals surface area contributed by atoms with Crippen LogP contribution in [-0.2, 0) is 0 Å². The molecule has 4 heterocycles. The van der Waals surface area contributed by atoms with Crippen LogP contribution in [0.2, 0.25) is 0 Å². The van der Waals surface area contributed by atoms with Crippen LogP contribution in [0.4, 0.5) is 0 Å². The van der Waals surface area contributed by atoms with Crippen LogP contribution in [0.1, 0.15) is 32.4 Å². The predicted molar refractivity (Wildman–Crippen MR) is 118 cm³/mol. The van der Waals surface area contributed by atoms with Crippen LogP contribution in [0.25, 0.3) is 11.0 Å². The molecule has 0 aliphatic rings. The fourth-order valence-electron chi connectivity index (χ4n) is 2.59. The standard InChI is InChI=1S/C22H16N8O2/c31-21(29-25-13-16-5-1-3-11-23-16)18-9-7-15-8-10-19(28-20(15)27-18)22(32)30-26-14-17-6-2-4-12-24-17/h1-14H,(H,29,31)(H,30,32). The number of carbonyl (C=O) groups is 2. The summed E-state index contributed by atoms with van der Waals surface area (Å²) in [5, 5.41) is 8.41. The average Bonchev–Trinajstić information content (AvgIpc) is 2.84. The zero-order valence-electron chi connectivity index (χ0n) is 16.6. The summed E-state index contributed by atoms with van der Waals surface area (Å²) in [6.45, 7) is 0. The van der Waals surface area contributed by atoms with E-state index < -0.39 is 11.8 Å². The van der Waals surface area contributed by atoms with Gasteiger partial charge >= 0.3 is 0 Å². The molecule has 0 bridgehead atoms. The normalized spacial score (nSPS) is 11.1. The first-order valence-corrected chi connectivity index (χ1v) is 9.46. The Morgan fingerprint density at radius 3 is 1.62 bits per heavy atom. The van der Waals surface area contributed by atoms with Crippen LogP contribution in [0, 0.1) is 0 Å². The Hall–Kier alpha value is -4.86. The van der Waals surface area contributed by atoms with Crippen molar-refractivity contribution in [3.63, 3.8) is 0 Å². The third kappa shape index (κ3) is 5.19. The molecule has 0 radical (unpaired) electrons. The van der Waals surface area contributed by atoms with Crippen molar-refractivity contribution in [1.82, 2.24) is 30.8 Å². The molecule has 0 saturated heterocycles. The second-order valence-electron chi connectivity index (χ2n) is 6.35. The van der Waals surface area contributed by atoms with Crippen molar-refractivity contribution >= 4 is 35.3 Å². The number of nitrogens with one attached hydrogen (secondary N) is 2. The Balaban J connectivity index is 1.45. The minimum Gasteiger partial charge on any atom is -0.266 e. The molecule has 10 heteroatoms. The highest BCUT2D eigenvalue weighted by Crippen LogP contribution is 2.12. The summed E-state index contributed by atoms with van der Waals surface area (Å²) in [5.41, 5.74) is 6.43. The summed E-state index contributed by atoms with van der Waals surface area (Å²) < 4.78 is 0. The number of fused-ring (bicyclic) bond motifs is 1. The van der Waals surface area contributed by atoms with Gasteiger partial charge in [0.1, 0.15) is 11.4 Å². The first-order chi connectivity index (χ1) is 15.7. The second-order valence-corrected chi connectivity index (χ2v) is 6.35. The van der Waals surface area contributed by atoms with E-state index in [0.29, 0.717) is 16.8 Å². The molecule has 10 nitrogen and oxygen atoms in total. The molecular formula is C22H16N8O2. The second kappa shape index (κ2) is 9.76. The van der Waals surface area contributed by atoms with Crippen molar-refractivity contribution in [2.45, 2.75) is 0 Å². The molecule has 156 valence electrons. The topological polar surface area (TPSA) is 134 Å². The number of hydrazone groups is 2. The van der Waals surface area contributed by atoms with Crippen molar-refractivity contribution in [3.05, 3.63) is 95.8 Å². The van der Waals surface area contributed by atoms with Crippen molar-refractivity contribution < 1.29 is 9.59 Å². The summed E-state index contributed by atoms with van der Waals surface area (Å²) in [5.74, 6) is -1.04. The lowest BCUT2D eigenvalue weighted by molar-refractivity contribution is 0.0944. The van der Waals surface area contributed by atoms with Gasteiger partial charge in [0.05, 0.1) is 23.8 Å². The minimum absolute atomic E-state index is 0.105. The number of pyridine rings is 4. The van der Waals surface area contributed by atoms with Gasteiger partial charge in [-0.05, 0) is 48.5 Å². The van der Waals surface area contributed by atoms with Crippen LogP contribution in [0.3, 0.4) is 0 Å². The van der Waals surface area contributed by atoms with Gasteiger partial charge in [-0.15, -0.1) is 0 Å². The van der Waals surface area contributed by atoms with Crippen LogP contribution in [-0.4, -0.2) is 44.2 Å². The average molecular weight is 424 g/mol. The molecule has 32 heavy (non-hydrogen) atoms. The van der Waals surface area contributed by atoms with E-state index >= 15 is 0 Å². The molecular weight excluding hydrogens is 408 g/mol. The maximum absolute atomic E-state index is 12.3. The summed E-state index contributed by atoms with van der Waals surface area (Å²) in [7, 11) is 0. The Kier molecular flexibility index (Phi) is 6.23.